The van der Waals surface area contributed by atoms with Gasteiger partial charge in [-0.15, -0.1) is 0 Å². The van der Waals surface area contributed by atoms with Crippen LogP contribution in [0, 0.1) is 5.92 Å². The number of nitrogens with one attached hydrogen (secondary N) is 1. The molecule has 0 saturated heterocycles. The maximum atomic E-state index is 16.7. The van der Waals surface area contributed by atoms with Gasteiger partial charge in [-0.1, -0.05) is 174 Å². The molecule has 5 rings (SSSR count). The van der Waals surface area contributed by atoms with Crippen LogP contribution in [0.3, 0.4) is 0 Å². The second kappa shape index (κ2) is 22.5. The number of rotatable bonds is 20. The van der Waals surface area contributed by atoms with Crippen LogP contribution < -0.4 is 20.6 Å². The highest BCUT2D eigenvalue weighted by Crippen LogP contribution is 2.42. The zero-order valence-electron chi connectivity index (χ0n) is 37.8. The van der Waals surface area contributed by atoms with Crippen molar-refractivity contribution in [3.63, 3.8) is 0 Å². The van der Waals surface area contributed by atoms with Crippen LogP contribution in [0.25, 0.3) is 0 Å². The molecule has 0 bridgehead atoms. The van der Waals surface area contributed by atoms with Gasteiger partial charge in [-0.25, -0.2) is 14.0 Å². The summed E-state index contributed by atoms with van der Waals surface area (Å²) in [6.45, 7) is 12.6. The van der Waals surface area contributed by atoms with Crippen molar-refractivity contribution in [2.24, 2.45) is 5.92 Å². The lowest BCUT2D eigenvalue weighted by molar-refractivity contribution is -0.122. The number of alkyl halides is 1. The van der Waals surface area contributed by atoms with Crippen molar-refractivity contribution in [1.82, 2.24) is 10.2 Å². The maximum Gasteiger partial charge on any atom is 0.414 e. The Morgan fingerprint density at radius 2 is 1.17 bits per heavy atom. The number of methoxy groups -OCH3 is 1. The number of halogens is 1. The molecule has 1 unspecified atom stereocenters. The molecule has 5 aromatic carbocycles. The molecular formula is C52H64FN3O6Si. The number of carbonyl (C=O) groups excluding carboxylic acids is 3. The fraction of sp³-hybridized carbons (Fsp3) is 0.365. The second-order valence-electron chi connectivity index (χ2n) is 17.6. The van der Waals surface area contributed by atoms with Crippen LogP contribution in [0.15, 0.2) is 152 Å². The highest BCUT2D eigenvalue weighted by molar-refractivity contribution is 6.99. The maximum absolute atomic E-state index is 16.7. The van der Waals surface area contributed by atoms with E-state index in [9.17, 15) is 14.4 Å². The summed E-state index contributed by atoms with van der Waals surface area (Å²) in [6, 6.07) is 46.9. The van der Waals surface area contributed by atoms with Crippen molar-refractivity contribution in [3.05, 3.63) is 163 Å². The lowest BCUT2D eigenvalue weighted by atomic mass is 10.0. The third-order valence-electron chi connectivity index (χ3n) is 11.4. The Kier molecular flexibility index (Phi) is 17.3. The van der Waals surface area contributed by atoms with E-state index in [2.05, 4.69) is 64.2 Å². The molecule has 3 amide bonds. The highest BCUT2D eigenvalue weighted by Gasteiger charge is 2.55. The fourth-order valence-corrected chi connectivity index (χ4v) is 12.8. The van der Waals surface area contributed by atoms with E-state index < -0.39 is 49.4 Å². The van der Waals surface area contributed by atoms with Gasteiger partial charge in [0, 0.05) is 25.2 Å². The standard InChI is InChI=1S/C52H64FN3O6Si/c1-40(2)34-36-55(49(58)61-39-42-25-15-9-16-26-42)52(6,62-63(51(3,4)5,45-29-19-11-20-30-45)46-31-21-12-22-32-46)35-33-43(53)38-54-48(57)47(37-41-23-13-8-14-24-41)56(50(59)60-7)44-27-17-10-18-28-44/h8-32,40,43,47H,33-39H2,1-7H3,(H,54,57)/t43?,47-,52-/m0/s1. The largest absolute Gasteiger partial charge is 0.452 e. The van der Waals surface area contributed by atoms with E-state index in [-0.39, 0.29) is 38.3 Å². The van der Waals surface area contributed by atoms with E-state index in [1.165, 1.54) is 12.0 Å². The van der Waals surface area contributed by atoms with Gasteiger partial charge < -0.3 is 19.2 Å². The molecule has 0 spiro atoms. The third-order valence-corrected chi connectivity index (χ3v) is 16.6. The van der Waals surface area contributed by atoms with Crippen molar-refractivity contribution in [3.8, 4) is 0 Å². The van der Waals surface area contributed by atoms with Crippen LogP contribution in [0.1, 0.15) is 71.9 Å². The number of carbonyl (C=O) groups is 3. The molecule has 0 heterocycles. The van der Waals surface area contributed by atoms with Crippen molar-refractivity contribution >= 4 is 42.5 Å². The number of para-hydroxylation sites is 1. The molecule has 0 aliphatic rings. The second-order valence-corrected chi connectivity index (χ2v) is 21.8. The van der Waals surface area contributed by atoms with Crippen LogP contribution in [0.4, 0.5) is 19.7 Å². The van der Waals surface area contributed by atoms with Crippen molar-refractivity contribution < 1.29 is 32.7 Å². The first-order valence-electron chi connectivity index (χ1n) is 21.9. The molecule has 334 valence electrons. The lowest BCUT2D eigenvalue weighted by Crippen LogP contribution is -2.72. The van der Waals surface area contributed by atoms with E-state index in [0.717, 1.165) is 21.5 Å². The summed E-state index contributed by atoms with van der Waals surface area (Å²) < 4.78 is 35.7. The van der Waals surface area contributed by atoms with Gasteiger partial charge in [0.15, 0.2) is 0 Å². The molecule has 11 heteroatoms. The van der Waals surface area contributed by atoms with Crippen molar-refractivity contribution in [1.29, 1.82) is 0 Å². The molecule has 3 atom stereocenters. The molecule has 1 N–H and O–H groups in total. The lowest BCUT2D eigenvalue weighted by Gasteiger charge is -2.52. The third kappa shape index (κ3) is 12.7. The number of ether oxygens (including phenoxy) is 2. The number of hydrogen-bond donors (Lipinski definition) is 1. The molecular weight excluding hydrogens is 810 g/mol. The Hall–Kier alpha value is -5.78. The minimum atomic E-state index is -3.35. The Balaban J connectivity index is 1.50. The van der Waals surface area contributed by atoms with E-state index in [1.807, 2.05) is 110 Å². The first-order valence-corrected chi connectivity index (χ1v) is 23.8. The molecule has 0 aliphatic heterocycles. The Morgan fingerprint density at radius 1 is 0.683 bits per heavy atom. The smallest absolute Gasteiger partial charge is 0.414 e. The van der Waals surface area contributed by atoms with Gasteiger partial charge in [-0.2, -0.15) is 0 Å². The van der Waals surface area contributed by atoms with Crippen molar-refractivity contribution in [2.45, 2.75) is 96.8 Å². The summed E-state index contributed by atoms with van der Waals surface area (Å²) in [4.78, 5) is 45.1. The van der Waals surface area contributed by atoms with Crippen LogP contribution in [0.2, 0.25) is 5.04 Å². The summed E-state index contributed by atoms with van der Waals surface area (Å²) in [5.41, 5.74) is 0.741. The SMILES string of the molecule is COC(=O)N(c1ccccc1)[C@@H](Cc1ccccc1)C(=O)NCC(F)CC[C@](C)(O[Si](c1ccccc1)(c1ccccc1)C(C)(C)C)N(CCC(C)C)C(=O)OCc1ccccc1. The van der Waals surface area contributed by atoms with Crippen LogP contribution >= 0.6 is 0 Å². The number of nitrogens with zero attached hydrogens (tertiary/aromatic N) is 2. The monoisotopic (exact) mass is 873 g/mol. The molecule has 0 saturated carbocycles. The van der Waals surface area contributed by atoms with Crippen LogP contribution in [0.5, 0.6) is 0 Å². The number of anilines is 1. The van der Waals surface area contributed by atoms with Gasteiger partial charge in [0.05, 0.1) is 7.11 Å². The van der Waals surface area contributed by atoms with E-state index in [4.69, 9.17) is 13.9 Å². The van der Waals surface area contributed by atoms with Gasteiger partial charge in [0.2, 0.25) is 5.91 Å². The summed E-state index contributed by atoms with van der Waals surface area (Å²) in [5.74, 6) is -0.301. The summed E-state index contributed by atoms with van der Waals surface area (Å²) in [7, 11) is -2.08. The average molecular weight is 874 g/mol. The first kappa shape index (κ1) is 48.3. The zero-order valence-corrected chi connectivity index (χ0v) is 38.8. The quantitative estimate of drug-likeness (QED) is 0.0618. The molecule has 9 nitrogen and oxygen atoms in total. The fourth-order valence-electron chi connectivity index (χ4n) is 8.02. The van der Waals surface area contributed by atoms with Gasteiger partial charge in [-0.3, -0.25) is 14.6 Å². The number of benzene rings is 5. The number of hydrogen-bond acceptors (Lipinski definition) is 6. The van der Waals surface area contributed by atoms with Gasteiger partial charge in [0.1, 0.15) is 24.5 Å². The Bertz CT molecular complexity index is 2120. The van der Waals surface area contributed by atoms with Crippen LogP contribution in [-0.2, 0) is 31.7 Å². The topological polar surface area (TPSA) is 97.4 Å². The number of amides is 3. The molecule has 0 aromatic heterocycles. The summed E-state index contributed by atoms with van der Waals surface area (Å²) in [5, 5.41) is 4.38. The first-order chi connectivity index (χ1) is 30.2. The van der Waals surface area contributed by atoms with Crippen LogP contribution in [-0.4, -0.2) is 69.4 Å². The van der Waals surface area contributed by atoms with Gasteiger partial charge >= 0.3 is 12.2 Å². The molecule has 5 aromatic rings. The predicted octanol–water partition coefficient (Wildman–Crippen LogP) is 10.1. The minimum Gasteiger partial charge on any atom is -0.452 e. The minimum absolute atomic E-state index is 0.0562. The molecule has 0 radical (unpaired) electrons. The molecule has 63 heavy (non-hydrogen) atoms. The Labute approximate surface area is 374 Å². The van der Waals surface area contributed by atoms with E-state index in [1.54, 1.807) is 29.2 Å². The highest BCUT2D eigenvalue weighted by atomic mass is 28.4. The summed E-state index contributed by atoms with van der Waals surface area (Å²) in [6.07, 6.45) is -2.00. The van der Waals surface area contributed by atoms with E-state index in [0.29, 0.717) is 18.7 Å². The molecule has 0 aliphatic carbocycles. The zero-order chi connectivity index (χ0) is 45.5. The molecule has 0 fully saturated rings. The van der Waals surface area contributed by atoms with Gasteiger partial charge in [-0.05, 0) is 70.8 Å². The Morgan fingerprint density at radius 3 is 1.67 bits per heavy atom. The summed E-state index contributed by atoms with van der Waals surface area (Å²) >= 11 is 0. The van der Waals surface area contributed by atoms with Crippen molar-refractivity contribution in [2.75, 3.05) is 25.1 Å². The average Bonchev–Trinajstić information content (AvgIpc) is 3.29. The predicted molar refractivity (Wildman–Crippen MR) is 252 cm³/mol. The van der Waals surface area contributed by atoms with E-state index >= 15 is 4.39 Å². The van der Waals surface area contributed by atoms with Gasteiger partial charge in [0.25, 0.3) is 8.32 Å². The normalized spacial score (nSPS) is 13.6.